The van der Waals surface area contributed by atoms with Crippen molar-refractivity contribution in [2.45, 2.75) is 13.3 Å². The van der Waals surface area contributed by atoms with Gasteiger partial charge in [-0.25, -0.2) is 0 Å². The van der Waals surface area contributed by atoms with E-state index < -0.39 is 5.97 Å². The SMILES string of the molecule is CCNC(=O)CN1CCN(CCC(=O)O)CC1. The summed E-state index contributed by atoms with van der Waals surface area (Å²) >= 11 is 0. The summed E-state index contributed by atoms with van der Waals surface area (Å²) in [7, 11) is 0. The average molecular weight is 243 g/mol. The number of hydrogen-bond donors (Lipinski definition) is 2. The van der Waals surface area contributed by atoms with Crippen LogP contribution < -0.4 is 5.32 Å². The molecule has 98 valence electrons. The molecule has 0 unspecified atom stereocenters. The number of nitrogens with one attached hydrogen (secondary N) is 1. The van der Waals surface area contributed by atoms with Crippen LogP contribution in [0.3, 0.4) is 0 Å². The van der Waals surface area contributed by atoms with Crippen LogP contribution in [0.25, 0.3) is 0 Å². The van der Waals surface area contributed by atoms with Gasteiger partial charge in [-0.3, -0.25) is 14.5 Å². The van der Waals surface area contributed by atoms with Gasteiger partial charge in [0.1, 0.15) is 0 Å². The second kappa shape index (κ2) is 7.24. The molecule has 0 aromatic heterocycles. The highest BCUT2D eigenvalue weighted by molar-refractivity contribution is 5.77. The van der Waals surface area contributed by atoms with Crippen LogP contribution in [0.1, 0.15) is 13.3 Å². The lowest BCUT2D eigenvalue weighted by Crippen LogP contribution is -2.49. The number of hydrogen-bond acceptors (Lipinski definition) is 4. The minimum atomic E-state index is -0.755. The summed E-state index contributed by atoms with van der Waals surface area (Å²) in [6.45, 7) is 6.96. The molecule has 1 aliphatic heterocycles. The van der Waals surface area contributed by atoms with E-state index in [1.54, 1.807) is 0 Å². The first kappa shape index (κ1) is 13.9. The van der Waals surface area contributed by atoms with Crippen molar-refractivity contribution in [2.24, 2.45) is 0 Å². The third-order valence-corrected chi connectivity index (χ3v) is 2.85. The third kappa shape index (κ3) is 5.65. The van der Waals surface area contributed by atoms with E-state index >= 15 is 0 Å². The summed E-state index contributed by atoms with van der Waals surface area (Å²) in [5.74, 6) is -0.693. The number of amides is 1. The van der Waals surface area contributed by atoms with Crippen molar-refractivity contribution >= 4 is 11.9 Å². The Morgan fingerprint density at radius 3 is 2.29 bits per heavy atom. The minimum absolute atomic E-state index is 0.0616. The normalized spacial score (nSPS) is 17.9. The number of aliphatic carboxylic acids is 1. The van der Waals surface area contributed by atoms with Gasteiger partial charge in [-0.1, -0.05) is 0 Å². The number of carbonyl (C=O) groups is 2. The Bertz CT molecular complexity index is 263. The molecule has 1 fully saturated rings. The lowest BCUT2D eigenvalue weighted by molar-refractivity contribution is -0.137. The van der Waals surface area contributed by atoms with E-state index in [0.29, 0.717) is 19.6 Å². The largest absolute Gasteiger partial charge is 0.481 e. The molecule has 0 aliphatic carbocycles. The zero-order valence-electron chi connectivity index (χ0n) is 10.3. The average Bonchev–Trinajstić information content (AvgIpc) is 2.28. The maximum Gasteiger partial charge on any atom is 0.304 e. The number of likely N-dealkylation sites (N-methyl/N-ethyl adjacent to an activating group) is 1. The molecule has 0 aromatic carbocycles. The summed E-state index contributed by atoms with van der Waals surface area (Å²) in [6, 6.07) is 0. The molecule has 0 radical (unpaired) electrons. The van der Waals surface area contributed by atoms with Crippen molar-refractivity contribution in [3.8, 4) is 0 Å². The van der Waals surface area contributed by atoms with Crippen LogP contribution in [0.5, 0.6) is 0 Å². The Kier molecular flexibility index (Phi) is 5.93. The number of carboxylic acids is 1. The smallest absolute Gasteiger partial charge is 0.304 e. The molecule has 1 amide bonds. The summed E-state index contributed by atoms with van der Waals surface area (Å²) in [6.07, 6.45) is 0.191. The van der Waals surface area contributed by atoms with E-state index in [2.05, 4.69) is 15.1 Å². The maximum atomic E-state index is 11.4. The number of rotatable bonds is 6. The zero-order chi connectivity index (χ0) is 12.7. The van der Waals surface area contributed by atoms with Crippen LogP contribution >= 0.6 is 0 Å². The summed E-state index contributed by atoms with van der Waals surface area (Å²) in [5.41, 5.74) is 0. The Labute approximate surface area is 102 Å². The molecule has 1 rings (SSSR count). The van der Waals surface area contributed by atoms with E-state index in [9.17, 15) is 9.59 Å². The molecule has 1 saturated heterocycles. The highest BCUT2D eigenvalue weighted by Gasteiger charge is 2.18. The standard InChI is InChI=1S/C11H21N3O3/c1-2-12-10(15)9-14-7-5-13(6-8-14)4-3-11(16)17/h2-9H2,1H3,(H,12,15)(H,16,17). The van der Waals surface area contributed by atoms with Crippen molar-refractivity contribution in [3.63, 3.8) is 0 Å². The van der Waals surface area contributed by atoms with Gasteiger partial charge < -0.3 is 15.3 Å². The molecule has 0 aromatic rings. The predicted molar refractivity (Wildman–Crippen MR) is 63.8 cm³/mol. The van der Waals surface area contributed by atoms with Crippen LogP contribution in [0.4, 0.5) is 0 Å². The third-order valence-electron chi connectivity index (χ3n) is 2.85. The Balaban J connectivity index is 2.17. The Morgan fingerprint density at radius 1 is 1.18 bits per heavy atom. The van der Waals surface area contributed by atoms with Gasteiger partial charge in [0, 0.05) is 39.3 Å². The fraction of sp³-hybridized carbons (Fsp3) is 0.818. The molecule has 0 bridgehead atoms. The Hall–Kier alpha value is -1.14. The van der Waals surface area contributed by atoms with E-state index in [1.165, 1.54) is 0 Å². The van der Waals surface area contributed by atoms with Crippen molar-refractivity contribution in [3.05, 3.63) is 0 Å². The van der Waals surface area contributed by atoms with Gasteiger partial charge in [0.2, 0.25) is 5.91 Å². The minimum Gasteiger partial charge on any atom is -0.481 e. The van der Waals surface area contributed by atoms with Crippen LogP contribution in [0.2, 0.25) is 0 Å². The molecular weight excluding hydrogens is 222 g/mol. The van der Waals surface area contributed by atoms with Gasteiger partial charge in [-0.15, -0.1) is 0 Å². The fourth-order valence-electron chi connectivity index (χ4n) is 1.88. The number of nitrogens with zero attached hydrogens (tertiary/aromatic N) is 2. The molecular formula is C11H21N3O3. The zero-order valence-corrected chi connectivity index (χ0v) is 10.3. The molecule has 6 nitrogen and oxygen atoms in total. The van der Waals surface area contributed by atoms with Crippen LogP contribution in [-0.4, -0.2) is 72.6 Å². The van der Waals surface area contributed by atoms with E-state index in [0.717, 1.165) is 26.2 Å². The van der Waals surface area contributed by atoms with E-state index in [1.807, 2.05) is 6.92 Å². The van der Waals surface area contributed by atoms with Gasteiger partial charge in [0.25, 0.3) is 0 Å². The fourth-order valence-corrected chi connectivity index (χ4v) is 1.88. The van der Waals surface area contributed by atoms with E-state index in [4.69, 9.17) is 5.11 Å². The maximum absolute atomic E-state index is 11.4. The summed E-state index contributed by atoms with van der Waals surface area (Å²) in [5, 5.41) is 11.4. The predicted octanol–water partition coefficient (Wildman–Crippen LogP) is -0.785. The quantitative estimate of drug-likeness (QED) is 0.640. The number of carbonyl (C=O) groups excluding carboxylic acids is 1. The van der Waals surface area contributed by atoms with Gasteiger partial charge in [-0.2, -0.15) is 0 Å². The number of piperazine rings is 1. The van der Waals surface area contributed by atoms with Crippen molar-refractivity contribution in [1.82, 2.24) is 15.1 Å². The molecule has 0 atom stereocenters. The topological polar surface area (TPSA) is 72.9 Å². The molecule has 6 heteroatoms. The van der Waals surface area contributed by atoms with Gasteiger partial charge in [-0.05, 0) is 6.92 Å². The molecule has 1 heterocycles. The second-order valence-corrected chi connectivity index (χ2v) is 4.22. The van der Waals surface area contributed by atoms with Crippen molar-refractivity contribution in [2.75, 3.05) is 45.8 Å². The number of carboxylic acid groups (broad SMARTS) is 1. The molecule has 2 N–H and O–H groups in total. The second-order valence-electron chi connectivity index (χ2n) is 4.22. The Morgan fingerprint density at radius 2 is 1.76 bits per heavy atom. The highest BCUT2D eigenvalue weighted by Crippen LogP contribution is 2.02. The first-order chi connectivity index (χ1) is 8.11. The van der Waals surface area contributed by atoms with Crippen LogP contribution in [0, 0.1) is 0 Å². The molecule has 0 saturated carbocycles. The van der Waals surface area contributed by atoms with E-state index in [-0.39, 0.29) is 12.3 Å². The van der Waals surface area contributed by atoms with Gasteiger partial charge >= 0.3 is 5.97 Å². The first-order valence-corrected chi connectivity index (χ1v) is 6.05. The van der Waals surface area contributed by atoms with Gasteiger partial charge in [0.15, 0.2) is 0 Å². The first-order valence-electron chi connectivity index (χ1n) is 6.05. The van der Waals surface area contributed by atoms with Crippen molar-refractivity contribution in [1.29, 1.82) is 0 Å². The summed E-state index contributed by atoms with van der Waals surface area (Å²) in [4.78, 5) is 26.0. The molecule has 17 heavy (non-hydrogen) atoms. The van der Waals surface area contributed by atoms with Crippen LogP contribution in [-0.2, 0) is 9.59 Å². The van der Waals surface area contributed by atoms with Gasteiger partial charge in [0.05, 0.1) is 13.0 Å². The molecule has 1 aliphatic rings. The lowest BCUT2D eigenvalue weighted by atomic mass is 10.3. The highest BCUT2D eigenvalue weighted by atomic mass is 16.4. The monoisotopic (exact) mass is 243 g/mol. The van der Waals surface area contributed by atoms with Crippen molar-refractivity contribution < 1.29 is 14.7 Å². The summed E-state index contributed by atoms with van der Waals surface area (Å²) < 4.78 is 0. The molecule has 0 spiro atoms. The lowest BCUT2D eigenvalue weighted by Gasteiger charge is -2.33. The van der Waals surface area contributed by atoms with Crippen LogP contribution in [0.15, 0.2) is 0 Å².